The molecule has 1 aliphatic rings. The smallest absolute Gasteiger partial charge is 0.111 e. The lowest BCUT2D eigenvalue weighted by Gasteiger charge is -2.15. The molecular weight excluding hydrogens is 228 g/mol. The van der Waals surface area contributed by atoms with E-state index in [1.807, 2.05) is 4.68 Å². The molecule has 0 aromatic carbocycles. The quantitative estimate of drug-likeness (QED) is 0.792. The van der Waals surface area contributed by atoms with Crippen molar-refractivity contribution in [2.24, 2.45) is 0 Å². The Morgan fingerprint density at radius 2 is 2.00 bits per heavy atom. The summed E-state index contributed by atoms with van der Waals surface area (Å²) in [6, 6.07) is 0. The van der Waals surface area contributed by atoms with Crippen molar-refractivity contribution >= 4 is 0 Å². The Morgan fingerprint density at radius 3 is 2.67 bits per heavy atom. The Balaban J connectivity index is 1.94. The van der Waals surface area contributed by atoms with Gasteiger partial charge in [0.05, 0.1) is 18.8 Å². The summed E-state index contributed by atoms with van der Waals surface area (Å²) in [5.41, 5.74) is 1.88. The third-order valence-corrected chi connectivity index (χ3v) is 3.66. The first-order valence-corrected chi connectivity index (χ1v) is 7.09. The van der Waals surface area contributed by atoms with Crippen LogP contribution in [0, 0.1) is 0 Å². The summed E-state index contributed by atoms with van der Waals surface area (Å²) in [6.45, 7) is 6.55. The topological polar surface area (TPSA) is 54.2 Å². The standard InChI is InChI=1S/C13H24N4O/c1-2-3-6-13-12(11-18)14-15-17(13)10-9-16-7-4-5-8-16/h18H,2-11H2,1H3. The zero-order valence-electron chi connectivity index (χ0n) is 11.3. The highest BCUT2D eigenvalue weighted by atomic mass is 16.3. The molecule has 1 saturated heterocycles. The summed E-state index contributed by atoms with van der Waals surface area (Å²) in [5, 5.41) is 17.5. The SMILES string of the molecule is CCCCc1c(CO)nnn1CCN1CCCC1. The first-order valence-electron chi connectivity index (χ1n) is 7.09. The number of nitrogens with zero attached hydrogens (tertiary/aromatic N) is 4. The summed E-state index contributed by atoms with van der Waals surface area (Å²) in [6.07, 6.45) is 5.90. The van der Waals surface area contributed by atoms with Gasteiger partial charge in [0.25, 0.3) is 0 Å². The second-order valence-electron chi connectivity index (χ2n) is 5.02. The van der Waals surface area contributed by atoms with E-state index < -0.39 is 0 Å². The van der Waals surface area contributed by atoms with Crippen molar-refractivity contribution in [1.29, 1.82) is 0 Å². The van der Waals surface area contributed by atoms with Gasteiger partial charge in [-0.3, -0.25) is 0 Å². The van der Waals surface area contributed by atoms with Gasteiger partial charge in [-0.05, 0) is 38.8 Å². The van der Waals surface area contributed by atoms with Gasteiger partial charge in [-0.2, -0.15) is 0 Å². The van der Waals surface area contributed by atoms with Crippen molar-refractivity contribution in [2.75, 3.05) is 19.6 Å². The van der Waals surface area contributed by atoms with Gasteiger partial charge >= 0.3 is 0 Å². The fourth-order valence-electron chi connectivity index (χ4n) is 2.53. The van der Waals surface area contributed by atoms with Gasteiger partial charge in [-0.25, -0.2) is 4.68 Å². The number of aliphatic hydroxyl groups excluding tert-OH is 1. The van der Waals surface area contributed by atoms with Gasteiger partial charge in [-0.15, -0.1) is 5.10 Å². The largest absolute Gasteiger partial charge is 0.390 e. The molecule has 18 heavy (non-hydrogen) atoms. The second kappa shape index (κ2) is 6.85. The number of rotatable bonds is 7. The van der Waals surface area contributed by atoms with Crippen LogP contribution in [0.1, 0.15) is 44.0 Å². The Bertz CT molecular complexity index is 358. The molecule has 0 bridgehead atoms. The van der Waals surface area contributed by atoms with Crippen molar-refractivity contribution in [1.82, 2.24) is 19.9 Å². The van der Waals surface area contributed by atoms with Crippen molar-refractivity contribution in [2.45, 2.75) is 52.2 Å². The van der Waals surface area contributed by atoms with E-state index in [9.17, 15) is 5.11 Å². The molecule has 1 aliphatic heterocycles. The fourth-order valence-corrected chi connectivity index (χ4v) is 2.53. The zero-order chi connectivity index (χ0) is 12.8. The van der Waals surface area contributed by atoms with Crippen LogP contribution >= 0.6 is 0 Å². The van der Waals surface area contributed by atoms with Crippen LogP contribution in [0.15, 0.2) is 0 Å². The zero-order valence-corrected chi connectivity index (χ0v) is 11.3. The molecule has 0 spiro atoms. The number of aromatic nitrogens is 3. The summed E-state index contributed by atoms with van der Waals surface area (Å²) < 4.78 is 1.99. The van der Waals surface area contributed by atoms with Gasteiger partial charge in [-0.1, -0.05) is 18.6 Å². The number of likely N-dealkylation sites (tertiary alicyclic amines) is 1. The van der Waals surface area contributed by atoms with E-state index in [0.29, 0.717) is 0 Å². The molecule has 2 heterocycles. The molecule has 5 heteroatoms. The average Bonchev–Trinajstić information content (AvgIpc) is 3.03. The van der Waals surface area contributed by atoms with Crippen LogP contribution < -0.4 is 0 Å². The molecule has 0 amide bonds. The van der Waals surface area contributed by atoms with Crippen LogP contribution in [0.5, 0.6) is 0 Å². The molecule has 0 unspecified atom stereocenters. The molecule has 5 nitrogen and oxygen atoms in total. The van der Waals surface area contributed by atoms with E-state index in [0.717, 1.165) is 43.7 Å². The molecule has 0 saturated carbocycles. The second-order valence-corrected chi connectivity index (χ2v) is 5.02. The van der Waals surface area contributed by atoms with Crippen molar-refractivity contribution < 1.29 is 5.11 Å². The average molecular weight is 252 g/mol. The van der Waals surface area contributed by atoms with E-state index in [1.54, 1.807) is 0 Å². The molecule has 0 radical (unpaired) electrons. The van der Waals surface area contributed by atoms with Crippen LogP contribution in [0.25, 0.3) is 0 Å². The summed E-state index contributed by atoms with van der Waals surface area (Å²) >= 11 is 0. The van der Waals surface area contributed by atoms with Crippen molar-refractivity contribution in [3.8, 4) is 0 Å². The van der Waals surface area contributed by atoms with Gasteiger partial charge in [0.1, 0.15) is 5.69 Å². The number of aliphatic hydroxyl groups is 1. The lowest BCUT2D eigenvalue weighted by molar-refractivity contribution is 0.275. The Labute approximate surface area is 109 Å². The summed E-state index contributed by atoms with van der Waals surface area (Å²) in [7, 11) is 0. The molecule has 0 aliphatic carbocycles. The van der Waals surface area contributed by atoms with Crippen LogP contribution in [0.4, 0.5) is 0 Å². The van der Waals surface area contributed by atoms with E-state index in [1.165, 1.54) is 25.9 Å². The van der Waals surface area contributed by atoms with Crippen LogP contribution in [-0.4, -0.2) is 44.6 Å². The lowest BCUT2D eigenvalue weighted by atomic mass is 10.1. The lowest BCUT2D eigenvalue weighted by Crippen LogP contribution is -2.25. The highest BCUT2D eigenvalue weighted by molar-refractivity contribution is 5.09. The van der Waals surface area contributed by atoms with Gasteiger partial charge in [0, 0.05) is 6.54 Å². The summed E-state index contributed by atoms with van der Waals surface area (Å²) in [5.74, 6) is 0. The maximum absolute atomic E-state index is 9.28. The van der Waals surface area contributed by atoms with Crippen LogP contribution in [0.3, 0.4) is 0 Å². The van der Waals surface area contributed by atoms with E-state index in [4.69, 9.17) is 0 Å². The molecule has 1 aromatic rings. The maximum atomic E-state index is 9.28. The maximum Gasteiger partial charge on any atom is 0.111 e. The van der Waals surface area contributed by atoms with Gasteiger partial charge < -0.3 is 10.0 Å². The normalized spacial score (nSPS) is 16.6. The predicted molar refractivity (Wildman–Crippen MR) is 70.2 cm³/mol. The highest BCUT2D eigenvalue weighted by Crippen LogP contribution is 2.11. The number of hydrogen-bond donors (Lipinski definition) is 1. The van der Waals surface area contributed by atoms with Crippen molar-refractivity contribution in [3.63, 3.8) is 0 Å². The monoisotopic (exact) mass is 252 g/mol. The molecular formula is C13H24N4O. The minimum absolute atomic E-state index is 0.00274. The summed E-state index contributed by atoms with van der Waals surface area (Å²) in [4.78, 5) is 2.48. The molecule has 1 fully saturated rings. The minimum atomic E-state index is 0.00274. The van der Waals surface area contributed by atoms with Gasteiger partial charge in [0.15, 0.2) is 0 Å². The van der Waals surface area contributed by atoms with Gasteiger partial charge in [0.2, 0.25) is 0 Å². The Hall–Kier alpha value is -0.940. The predicted octanol–water partition coefficient (Wildman–Crippen LogP) is 1.21. The van der Waals surface area contributed by atoms with Crippen LogP contribution in [0.2, 0.25) is 0 Å². The van der Waals surface area contributed by atoms with Crippen molar-refractivity contribution in [3.05, 3.63) is 11.4 Å². The number of unbranched alkanes of at least 4 members (excludes halogenated alkanes) is 1. The number of hydrogen-bond acceptors (Lipinski definition) is 4. The molecule has 1 N–H and O–H groups in total. The fraction of sp³-hybridized carbons (Fsp3) is 0.846. The Kier molecular flexibility index (Phi) is 5.13. The van der Waals surface area contributed by atoms with E-state index in [-0.39, 0.29) is 6.61 Å². The Morgan fingerprint density at radius 1 is 1.22 bits per heavy atom. The molecule has 2 rings (SSSR count). The third kappa shape index (κ3) is 3.29. The first kappa shape index (κ1) is 13.5. The van der Waals surface area contributed by atoms with Crippen LogP contribution in [-0.2, 0) is 19.6 Å². The molecule has 1 aromatic heterocycles. The van der Waals surface area contributed by atoms with E-state index in [2.05, 4.69) is 22.1 Å². The first-order chi connectivity index (χ1) is 8.85. The molecule has 0 atom stereocenters. The van der Waals surface area contributed by atoms with E-state index >= 15 is 0 Å². The minimum Gasteiger partial charge on any atom is -0.390 e. The molecule has 102 valence electrons. The third-order valence-electron chi connectivity index (χ3n) is 3.66. The highest BCUT2D eigenvalue weighted by Gasteiger charge is 2.14.